The van der Waals surface area contributed by atoms with Crippen LogP contribution in [0.25, 0.3) is 11.2 Å². The van der Waals surface area contributed by atoms with Crippen LogP contribution in [0.3, 0.4) is 0 Å². The van der Waals surface area contributed by atoms with Crippen LogP contribution >= 0.6 is 11.6 Å². The van der Waals surface area contributed by atoms with Gasteiger partial charge in [0.15, 0.2) is 11.2 Å². The summed E-state index contributed by atoms with van der Waals surface area (Å²) in [6.45, 7) is 2.66. The number of aromatic nitrogens is 4. The fourth-order valence-electron chi connectivity index (χ4n) is 2.47. The van der Waals surface area contributed by atoms with Crippen LogP contribution in [-0.4, -0.2) is 44.0 Å². The number of carbonyl (C=O) groups is 1. The molecule has 8 nitrogen and oxygen atoms in total. The number of fused-ring (bicyclic) bond motifs is 1. The van der Waals surface area contributed by atoms with Crippen molar-refractivity contribution < 1.29 is 4.79 Å². The predicted molar refractivity (Wildman–Crippen MR) is 92.5 cm³/mol. The van der Waals surface area contributed by atoms with Crippen LogP contribution in [0.15, 0.2) is 9.59 Å². The maximum atomic E-state index is 12.7. The van der Waals surface area contributed by atoms with Crippen molar-refractivity contribution >= 4 is 28.7 Å². The lowest BCUT2D eigenvalue weighted by Gasteiger charge is -2.12. The van der Waals surface area contributed by atoms with Crippen LogP contribution in [0.4, 0.5) is 0 Å². The summed E-state index contributed by atoms with van der Waals surface area (Å²) in [6, 6.07) is 0. The third-order valence-electron chi connectivity index (χ3n) is 3.84. The maximum absolute atomic E-state index is 12.7. The zero-order valence-electron chi connectivity index (χ0n) is 14.1. The van der Waals surface area contributed by atoms with Gasteiger partial charge in [0, 0.05) is 33.6 Å². The summed E-state index contributed by atoms with van der Waals surface area (Å²) in [6.07, 6.45) is 2.38. The van der Waals surface area contributed by atoms with Gasteiger partial charge in [-0.05, 0) is 24.4 Å². The highest BCUT2D eigenvalue weighted by Gasteiger charge is 2.17. The molecule has 0 radical (unpaired) electrons. The third-order valence-corrected chi connectivity index (χ3v) is 4.02. The van der Waals surface area contributed by atoms with Crippen molar-refractivity contribution in [1.82, 2.24) is 24.0 Å². The first-order valence-electron chi connectivity index (χ1n) is 7.95. The van der Waals surface area contributed by atoms with Gasteiger partial charge < -0.3 is 9.88 Å². The second kappa shape index (κ2) is 7.65. The number of imidazole rings is 1. The number of unbranched alkanes of at least 4 members (excludes halogenated alkanes) is 1. The first kappa shape index (κ1) is 18.3. The van der Waals surface area contributed by atoms with Crippen LogP contribution in [0.5, 0.6) is 0 Å². The van der Waals surface area contributed by atoms with Crippen molar-refractivity contribution in [3.8, 4) is 0 Å². The highest BCUT2D eigenvalue weighted by Crippen LogP contribution is 2.10. The monoisotopic (exact) mass is 355 g/mol. The number of hydrogen-bond acceptors (Lipinski definition) is 4. The van der Waals surface area contributed by atoms with Gasteiger partial charge in [-0.2, -0.15) is 4.98 Å². The Kier molecular flexibility index (Phi) is 5.82. The molecule has 0 fully saturated rings. The fraction of sp³-hybridized carbons (Fsp3) is 0.600. The van der Waals surface area contributed by atoms with Crippen molar-refractivity contribution in [3.05, 3.63) is 26.1 Å². The van der Waals surface area contributed by atoms with Crippen LogP contribution in [0.2, 0.25) is 5.28 Å². The average molecular weight is 356 g/mol. The summed E-state index contributed by atoms with van der Waals surface area (Å²) in [4.78, 5) is 45.1. The van der Waals surface area contributed by atoms with Crippen molar-refractivity contribution in [2.24, 2.45) is 0 Å². The zero-order valence-corrected chi connectivity index (χ0v) is 14.9. The Morgan fingerprint density at radius 1 is 1.21 bits per heavy atom. The summed E-state index contributed by atoms with van der Waals surface area (Å²) in [5.41, 5.74) is -0.375. The molecule has 2 rings (SSSR count). The van der Waals surface area contributed by atoms with Crippen molar-refractivity contribution in [1.29, 1.82) is 0 Å². The standard InChI is InChI=1S/C15H22ClN5O3/c1-4-5-8-20-12-11(17-14(16)18-12)13(23)21(15(20)24)9-6-7-10(22)19(2)3/h4-9H2,1-3H3,(H,17,18). The first-order valence-corrected chi connectivity index (χ1v) is 8.33. The normalized spacial score (nSPS) is 11.2. The molecule has 2 heterocycles. The highest BCUT2D eigenvalue weighted by atomic mass is 35.5. The number of aromatic amines is 1. The Morgan fingerprint density at radius 3 is 2.50 bits per heavy atom. The number of halogens is 1. The summed E-state index contributed by atoms with van der Waals surface area (Å²) in [5, 5.41) is 0.0762. The molecular weight excluding hydrogens is 334 g/mol. The number of carbonyl (C=O) groups excluding carboxylic acids is 1. The highest BCUT2D eigenvalue weighted by molar-refractivity contribution is 6.28. The lowest BCUT2D eigenvalue weighted by atomic mass is 10.3. The zero-order chi connectivity index (χ0) is 17.9. The van der Waals surface area contributed by atoms with E-state index in [-0.39, 0.29) is 35.3 Å². The molecule has 132 valence electrons. The molecule has 1 N–H and O–H groups in total. The van der Waals surface area contributed by atoms with Crippen LogP contribution in [0.1, 0.15) is 32.6 Å². The Hall–Kier alpha value is -2.09. The molecule has 24 heavy (non-hydrogen) atoms. The van der Waals surface area contributed by atoms with E-state index in [9.17, 15) is 14.4 Å². The van der Waals surface area contributed by atoms with Crippen LogP contribution < -0.4 is 11.2 Å². The summed E-state index contributed by atoms with van der Waals surface area (Å²) >= 11 is 5.87. The number of rotatable bonds is 7. The first-order chi connectivity index (χ1) is 11.4. The van der Waals surface area contributed by atoms with E-state index in [0.717, 1.165) is 17.4 Å². The lowest BCUT2D eigenvalue weighted by Crippen LogP contribution is -2.40. The molecule has 2 aromatic rings. The number of nitrogens with one attached hydrogen (secondary N) is 1. The summed E-state index contributed by atoms with van der Waals surface area (Å²) in [5.74, 6) is -0.0416. The van der Waals surface area contributed by atoms with Gasteiger partial charge in [0.1, 0.15) is 0 Å². The van der Waals surface area contributed by atoms with E-state index in [2.05, 4.69) is 9.97 Å². The number of H-pyrrole nitrogens is 1. The number of hydrogen-bond donors (Lipinski definition) is 1. The fourth-order valence-corrected chi connectivity index (χ4v) is 2.64. The predicted octanol–water partition coefficient (Wildman–Crippen LogP) is 1.21. The molecular formula is C15H22ClN5O3. The van der Waals surface area contributed by atoms with E-state index in [0.29, 0.717) is 13.0 Å². The quantitative estimate of drug-likeness (QED) is 0.755. The molecule has 0 atom stereocenters. The van der Waals surface area contributed by atoms with E-state index in [1.807, 2.05) is 6.92 Å². The van der Waals surface area contributed by atoms with Gasteiger partial charge in [0.2, 0.25) is 11.2 Å². The summed E-state index contributed by atoms with van der Waals surface area (Å²) in [7, 11) is 3.34. The van der Waals surface area contributed by atoms with E-state index < -0.39 is 11.2 Å². The van der Waals surface area contributed by atoms with Crippen molar-refractivity contribution in [2.75, 3.05) is 14.1 Å². The van der Waals surface area contributed by atoms with E-state index in [1.165, 1.54) is 9.47 Å². The molecule has 0 aromatic carbocycles. The second-order valence-corrected chi connectivity index (χ2v) is 6.22. The molecule has 0 saturated heterocycles. The Bertz CT molecular complexity index is 849. The molecule has 2 aromatic heterocycles. The second-order valence-electron chi connectivity index (χ2n) is 5.86. The topological polar surface area (TPSA) is 93.0 Å². The van der Waals surface area contributed by atoms with Gasteiger partial charge in [-0.15, -0.1) is 0 Å². The van der Waals surface area contributed by atoms with Gasteiger partial charge in [0.05, 0.1) is 0 Å². The van der Waals surface area contributed by atoms with E-state index in [4.69, 9.17) is 11.6 Å². The molecule has 0 aliphatic rings. The molecule has 0 bridgehead atoms. The van der Waals surface area contributed by atoms with Gasteiger partial charge in [0.25, 0.3) is 5.56 Å². The lowest BCUT2D eigenvalue weighted by molar-refractivity contribution is -0.128. The minimum Gasteiger partial charge on any atom is -0.349 e. The van der Waals surface area contributed by atoms with Crippen molar-refractivity contribution in [2.45, 2.75) is 45.7 Å². The molecule has 1 amide bonds. The maximum Gasteiger partial charge on any atom is 0.332 e. The Balaban J connectivity index is 2.40. The number of nitrogens with zero attached hydrogens (tertiary/aromatic N) is 4. The third kappa shape index (κ3) is 3.69. The molecule has 0 aliphatic carbocycles. The van der Waals surface area contributed by atoms with Gasteiger partial charge >= 0.3 is 5.69 Å². The van der Waals surface area contributed by atoms with Crippen LogP contribution in [0, 0.1) is 0 Å². The van der Waals surface area contributed by atoms with Crippen LogP contribution in [-0.2, 0) is 17.9 Å². The Labute approximate surface area is 144 Å². The van der Waals surface area contributed by atoms with Gasteiger partial charge in [-0.3, -0.25) is 18.7 Å². The van der Waals surface area contributed by atoms with E-state index >= 15 is 0 Å². The largest absolute Gasteiger partial charge is 0.349 e. The SMILES string of the molecule is CCCCn1c(=O)n(CCCC(=O)N(C)C)c(=O)c2[nH]c(Cl)nc21. The Morgan fingerprint density at radius 2 is 1.88 bits per heavy atom. The minimum absolute atomic E-state index is 0.0416. The number of amides is 1. The molecule has 0 saturated carbocycles. The average Bonchev–Trinajstić information content (AvgIpc) is 2.92. The minimum atomic E-state index is -0.459. The van der Waals surface area contributed by atoms with Gasteiger partial charge in [-0.1, -0.05) is 13.3 Å². The van der Waals surface area contributed by atoms with Crippen molar-refractivity contribution in [3.63, 3.8) is 0 Å². The van der Waals surface area contributed by atoms with E-state index in [1.54, 1.807) is 14.1 Å². The summed E-state index contributed by atoms with van der Waals surface area (Å²) < 4.78 is 2.62. The molecule has 0 aliphatic heterocycles. The number of aryl methyl sites for hydroxylation is 1. The molecule has 9 heteroatoms. The van der Waals surface area contributed by atoms with Gasteiger partial charge in [-0.25, -0.2) is 4.79 Å². The smallest absolute Gasteiger partial charge is 0.332 e. The molecule has 0 unspecified atom stereocenters. The molecule has 0 spiro atoms.